The van der Waals surface area contributed by atoms with Gasteiger partial charge in [-0.25, -0.2) is 15.0 Å². The van der Waals surface area contributed by atoms with Crippen molar-refractivity contribution in [1.29, 1.82) is 0 Å². The van der Waals surface area contributed by atoms with Crippen LogP contribution in [0.1, 0.15) is 47.7 Å². The van der Waals surface area contributed by atoms with Gasteiger partial charge in [0.1, 0.15) is 18.0 Å². The van der Waals surface area contributed by atoms with Crippen LogP contribution in [0, 0.1) is 0 Å². The lowest BCUT2D eigenvalue weighted by molar-refractivity contribution is -0.137. The number of halogens is 4. The molecule has 0 radical (unpaired) electrons. The highest BCUT2D eigenvalue weighted by atomic mass is 35.5. The van der Waals surface area contributed by atoms with Crippen molar-refractivity contribution in [3.8, 4) is 0 Å². The SMILES string of the molecule is CN(Cc1ncn(S(=O)(=O)c2ccc(C(F)(F)F)cc2)n1)c1nc(CC[C@@H]2CCCN2C)nc2c1CCN(c1cccc3cccc(Cl)c13)C2. The fraction of sp³-hybridized carbons (Fsp3) is 0.371. The first-order valence-corrected chi connectivity index (χ1v) is 18.3. The lowest BCUT2D eigenvalue weighted by atomic mass is 10.0. The van der Waals surface area contributed by atoms with E-state index < -0.39 is 21.8 Å². The first kappa shape index (κ1) is 34.2. The molecule has 0 amide bonds. The predicted molar refractivity (Wildman–Crippen MR) is 186 cm³/mol. The normalized spacial score (nSPS) is 17.0. The number of rotatable bonds is 9. The third-order valence-corrected chi connectivity index (χ3v) is 11.5. The van der Waals surface area contributed by atoms with Gasteiger partial charge in [0, 0.05) is 42.7 Å². The molecule has 10 nitrogen and oxygen atoms in total. The molecule has 0 bridgehead atoms. The number of alkyl halides is 3. The maximum Gasteiger partial charge on any atom is 0.416 e. The second-order valence-corrected chi connectivity index (χ2v) is 15.1. The molecule has 15 heteroatoms. The summed E-state index contributed by atoms with van der Waals surface area (Å²) >= 11 is 6.70. The molecular formula is C35H36ClF3N8O2S. The van der Waals surface area contributed by atoms with E-state index in [0.717, 1.165) is 89.3 Å². The van der Waals surface area contributed by atoms with Crippen LogP contribution in [0.4, 0.5) is 24.7 Å². The first-order chi connectivity index (χ1) is 23.9. The van der Waals surface area contributed by atoms with Crippen LogP contribution in [0.15, 0.2) is 71.9 Å². The summed E-state index contributed by atoms with van der Waals surface area (Å²) in [6, 6.07) is 15.9. The third-order valence-electron chi connectivity index (χ3n) is 9.62. The zero-order valence-electron chi connectivity index (χ0n) is 27.6. The summed E-state index contributed by atoms with van der Waals surface area (Å²) in [4.78, 5) is 20.6. The van der Waals surface area contributed by atoms with Crippen molar-refractivity contribution in [2.24, 2.45) is 0 Å². The van der Waals surface area contributed by atoms with Gasteiger partial charge >= 0.3 is 6.18 Å². The number of fused-ring (bicyclic) bond motifs is 2. The molecular weight excluding hydrogens is 689 g/mol. The van der Waals surface area contributed by atoms with Gasteiger partial charge in [-0.3, -0.25) is 0 Å². The van der Waals surface area contributed by atoms with Crippen LogP contribution in [-0.2, 0) is 42.1 Å². The Balaban J connectivity index is 1.17. The van der Waals surface area contributed by atoms with E-state index in [0.29, 0.717) is 41.1 Å². The molecule has 2 aliphatic rings. The monoisotopic (exact) mass is 724 g/mol. The van der Waals surface area contributed by atoms with E-state index in [4.69, 9.17) is 21.6 Å². The standard InChI is InChI=1S/C35H36ClF3N8O2S/c1-44-18-5-8-25(44)13-16-31-41-29-20-46(30-10-4-7-23-6-3-9-28(36)33(23)30)19-17-27(29)34(42-31)45(2)21-32-40-22-47(43-32)50(48,49)26-14-11-24(12-15-26)35(37,38)39/h3-4,6-7,9-12,14-15,22,25H,5,8,13,16-21H2,1-2H3/t25-/m0/s1. The minimum Gasteiger partial charge on any atom is -0.365 e. The summed E-state index contributed by atoms with van der Waals surface area (Å²) in [6.07, 6.45) is 1.12. The largest absolute Gasteiger partial charge is 0.416 e. The Bertz CT molecular complexity index is 2140. The Hall–Kier alpha value is -4.27. The summed E-state index contributed by atoms with van der Waals surface area (Å²) in [6.45, 7) is 2.51. The fourth-order valence-corrected chi connectivity index (χ4v) is 8.30. The summed E-state index contributed by atoms with van der Waals surface area (Å²) < 4.78 is 66.1. The van der Waals surface area contributed by atoms with Gasteiger partial charge < -0.3 is 14.7 Å². The molecule has 2 aromatic heterocycles. The van der Waals surface area contributed by atoms with Crippen molar-refractivity contribution in [2.75, 3.05) is 37.0 Å². The molecule has 5 aromatic rings. The Morgan fingerprint density at radius 1 is 1.00 bits per heavy atom. The Morgan fingerprint density at radius 2 is 1.76 bits per heavy atom. The second-order valence-electron chi connectivity index (χ2n) is 12.9. The number of benzene rings is 3. The molecule has 0 saturated carbocycles. The van der Waals surface area contributed by atoms with Crippen LogP contribution in [0.25, 0.3) is 10.8 Å². The molecule has 2 aliphatic heterocycles. The topological polar surface area (TPSA) is 100 Å². The van der Waals surface area contributed by atoms with Gasteiger partial charge in [0.05, 0.1) is 34.3 Å². The van der Waals surface area contributed by atoms with E-state index in [2.05, 4.69) is 45.1 Å². The van der Waals surface area contributed by atoms with E-state index in [-0.39, 0.29) is 17.3 Å². The summed E-state index contributed by atoms with van der Waals surface area (Å²) in [5.74, 6) is 1.70. The van der Waals surface area contributed by atoms with Gasteiger partial charge in [-0.05, 0) is 81.1 Å². The highest BCUT2D eigenvalue weighted by Gasteiger charge is 2.31. The number of likely N-dealkylation sites (tertiary alicyclic amines) is 1. The molecule has 0 N–H and O–H groups in total. The maximum atomic E-state index is 13.2. The molecule has 0 aliphatic carbocycles. The van der Waals surface area contributed by atoms with Crippen molar-refractivity contribution >= 4 is 43.9 Å². The van der Waals surface area contributed by atoms with Crippen LogP contribution < -0.4 is 9.80 Å². The molecule has 262 valence electrons. The van der Waals surface area contributed by atoms with Gasteiger partial charge in [-0.2, -0.15) is 21.6 Å². The first-order valence-electron chi connectivity index (χ1n) is 16.4. The average molecular weight is 725 g/mol. The van der Waals surface area contributed by atoms with Crippen molar-refractivity contribution < 1.29 is 21.6 Å². The van der Waals surface area contributed by atoms with E-state index in [9.17, 15) is 21.6 Å². The van der Waals surface area contributed by atoms with Crippen LogP contribution >= 0.6 is 11.6 Å². The van der Waals surface area contributed by atoms with Crippen LogP contribution in [0.2, 0.25) is 5.02 Å². The van der Waals surface area contributed by atoms with Gasteiger partial charge in [0.2, 0.25) is 0 Å². The molecule has 4 heterocycles. The van der Waals surface area contributed by atoms with Gasteiger partial charge in [0.25, 0.3) is 10.0 Å². The fourth-order valence-electron chi connectivity index (χ4n) is 6.95. The minimum absolute atomic E-state index is 0.145. The van der Waals surface area contributed by atoms with Crippen LogP contribution in [-0.4, -0.2) is 70.7 Å². The summed E-state index contributed by atoms with van der Waals surface area (Å²) in [5.41, 5.74) is 2.04. The quantitative estimate of drug-likeness (QED) is 0.172. The van der Waals surface area contributed by atoms with Crippen LogP contribution in [0.5, 0.6) is 0 Å². The average Bonchev–Trinajstić information content (AvgIpc) is 3.75. The lowest BCUT2D eigenvalue weighted by Gasteiger charge is -2.33. The van der Waals surface area contributed by atoms with E-state index in [1.165, 1.54) is 6.42 Å². The Labute approximate surface area is 293 Å². The lowest BCUT2D eigenvalue weighted by Crippen LogP contribution is -2.34. The molecule has 7 rings (SSSR count). The van der Waals surface area contributed by atoms with Gasteiger partial charge in [-0.1, -0.05) is 35.9 Å². The number of hydrogen-bond donors (Lipinski definition) is 0. The summed E-state index contributed by atoms with van der Waals surface area (Å²) in [5, 5.41) is 6.97. The highest BCUT2D eigenvalue weighted by Crippen LogP contribution is 2.37. The zero-order valence-corrected chi connectivity index (χ0v) is 29.2. The predicted octanol–water partition coefficient (Wildman–Crippen LogP) is 6.36. The smallest absolute Gasteiger partial charge is 0.365 e. The van der Waals surface area contributed by atoms with E-state index in [1.54, 1.807) is 0 Å². The van der Waals surface area contributed by atoms with E-state index >= 15 is 0 Å². The van der Waals surface area contributed by atoms with Crippen molar-refractivity contribution in [3.63, 3.8) is 0 Å². The summed E-state index contributed by atoms with van der Waals surface area (Å²) in [7, 11) is -0.246. The molecule has 0 spiro atoms. The van der Waals surface area contributed by atoms with E-state index in [1.807, 2.05) is 30.1 Å². The van der Waals surface area contributed by atoms with Crippen LogP contribution in [0.3, 0.4) is 0 Å². The molecule has 0 unspecified atom stereocenters. The number of nitrogens with zero attached hydrogens (tertiary/aromatic N) is 8. The molecule has 1 fully saturated rings. The number of hydrogen-bond acceptors (Lipinski definition) is 9. The van der Waals surface area contributed by atoms with Crippen molar-refractivity contribution in [3.05, 3.63) is 100 Å². The molecule has 50 heavy (non-hydrogen) atoms. The Kier molecular flexibility index (Phi) is 9.20. The molecule has 1 atom stereocenters. The molecule has 1 saturated heterocycles. The second kappa shape index (κ2) is 13.5. The zero-order chi connectivity index (χ0) is 35.2. The van der Waals surface area contributed by atoms with Gasteiger partial charge in [0.15, 0.2) is 5.82 Å². The third kappa shape index (κ3) is 6.75. The van der Waals surface area contributed by atoms with Gasteiger partial charge in [-0.15, -0.1) is 9.19 Å². The molecule has 3 aromatic carbocycles. The maximum absolute atomic E-state index is 13.2. The highest BCUT2D eigenvalue weighted by molar-refractivity contribution is 7.89. The van der Waals surface area contributed by atoms with Crippen molar-refractivity contribution in [1.82, 2.24) is 29.0 Å². The Morgan fingerprint density at radius 3 is 2.48 bits per heavy atom. The van der Waals surface area contributed by atoms with Crippen molar-refractivity contribution in [2.45, 2.75) is 62.3 Å². The number of anilines is 2. The minimum atomic E-state index is -4.58. The number of aromatic nitrogens is 5. The number of aryl methyl sites for hydroxylation is 1.